The minimum absolute atomic E-state index is 0.566. The first kappa shape index (κ1) is 12.2. The summed E-state index contributed by atoms with van der Waals surface area (Å²) in [6, 6.07) is 16.8. The van der Waals surface area contributed by atoms with E-state index in [9.17, 15) is 0 Å². The smallest absolute Gasteiger partial charge is 0.107 e. The molecule has 0 aliphatic carbocycles. The zero-order valence-electron chi connectivity index (χ0n) is 10.3. The Bertz CT molecular complexity index is 645. The molecule has 19 heavy (non-hydrogen) atoms. The van der Waals surface area contributed by atoms with Crippen molar-refractivity contribution in [2.75, 3.05) is 6.54 Å². The molecule has 3 rings (SSSR count). The van der Waals surface area contributed by atoms with E-state index in [1.165, 1.54) is 16.7 Å². The number of halogens is 1. The zero-order chi connectivity index (χ0) is 13.1. The van der Waals surface area contributed by atoms with E-state index >= 15 is 0 Å². The van der Waals surface area contributed by atoms with Crippen LogP contribution in [0.5, 0.6) is 0 Å². The summed E-state index contributed by atoms with van der Waals surface area (Å²) < 4.78 is 0. The van der Waals surface area contributed by atoms with Crippen molar-refractivity contribution in [2.45, 2.75) is 5.33 Å². The van der Waals surface area contributed by atoms with Crippen LogP contribution in [0.3, 0.4) is 0 Å². The Balaban J connectivity index is 2.04. The van der Waals surface area contributed by atoms with E-state index < -0.39 is 0 Å². The molecule has 0 aromatic heterocycles. The third-order valence-electron chi connectivity index (χ3n) is 3.11. The van der Waals surface area contributed by atoms with Gasteiger partial charge in [-0.25, -0.2) is 0 Å². The van der Waals surface area contributed by atoms with Gasteiger partial charge < -0.3 is 0 Å². The van der Waals surface area contributed by atoms with Crippen molar-refractivity contribution in [3.63, 3.8) is 0 Å². The van der Waals surface area contributed by atoms with Crippen LogP contribution in [0.2, 0.25) is 0 Å². The molecule has 2 aromatic carbocycles. The molecule has 0 spiro atoms. The van der Waals surface area contributed by atoms with E-state index in [0.29, 0.717) is 6.54 Å². The monoisotopic (exact) mass is 313 g/mol. The van der Waals surface area contributed by atoms with E-state index in [0.717, 1.165) is 16.6 Å². The number of benzene rings is 2. The lowest BCUT2D eigenvalue weighted by atomic mass is 9.96. The van der Waals surface area contributed by atoms with Gasteiger partial charge in [0.15, 0.2) is 0 Å². The maximum atomic E-state index is 4.09. The fourth-order valence-electron chi connectivity index (χ4n) is 2.11. The van der Waals surface area contributed by atoms with Gasteiger partial charge in [0.1, 0.15) is 6.54 Å². The molecule has 0 unspecified atom stereocenters. The zero-order valence-corrected chi connectivity index (χ0v) is 11.8. The third-order valence-corrected chi connectivity index (χ3v) is 3.75. The van der Waals surface area contributed by atoms with Gasteiger partial charge in [0.25, 0.3) is 0 Å². The standard InChI is InChI=1S/C15H12BrN3/c16-9-11-5-7-12(8-6-11)13-3-1-2-4-14(13)15-10-17-19-18-15/h1-8H,9-10H2. The van der Waals surface area contributed by atoms with Crippen LogP contribution in [0.25, 0.3) is 11.1 Å². The Labute approximate surface area is 120 Å². The fourth-order valence-corrected chi connectivity index (χ4v) is 2.49. The van der Waals surface area contributed by atoms with Gasteiger partial charge in [0, 0.05) is 10.9 Å². The van der Waals surface area contributed by atoms with Gasteiger partial charge in [-0.3, -0.25) is 0 Å². The first-order valence-electron chi connectivity index (χ1n) is 6.06. The van der Waals surface area contributed by atoms with Crippen molar-refractivity contribution in [3.05, 3.63) is 59.7 Å². The molecule has 0 radical (unpaired) electrons. The number of alkyl halides is 1. The summed E-state index contributed by atoms with van der Waals surface area (Å²) in [5.74, 6) is 0. The Morgan fingerprint density at radius 1 is 0.947 bits per heavy atom. The summed E-state index contributed by atoms with van der Waals surface area (Å²) in [6.07, 6.45) is 0. The quantitative estimate of drug-likeness (QED) is 0.752. The first-order valence-corrected chi connectivity index (χ1v) is 7.18. The van der Waals surface area contributed by atoms with Crippen molar-refractivity contribution in [2.24, 2.45) is 15.4 Å². The third kappa shape index (κ3) is 2.49. The van der Waals surface area contributed by atoms with Crippen LogP contribution >= 0.6 is 15.9 Å². The van der Waals surface area contributed by atoms with Crippen molar-refractivity contribution in [1.29, 1.82) is 0 Å². The van der Waals surface area contributed by atoms with Crippen LogP contribution in [-0.2, 0) is 5.33 Å². The number of rotatable bonds is 3. The summed E-state index contributed by atoms with van der Waals surface area (Å²) in [6.45, 7) is 0.566. The molecule has 0 amide bonds. The lowest BCUT2D eigenvalue weighted by Gasteiger charge is -2.09. The average molecular weight is 314 g/mol. The van der Waals surface area contributed by atoms with E-state index in [-0.39, 0.29) is 0 Å². The first-order chi connectivity index (χ1) is 9.38. The fraction of sp³-hybridized carbons (Fsp3) is 0.133. The lowest BCUT2D eigenvalue weighted by molar-refractivity contribution is 1.06. The Morgan fingerprint density at radius 2 is 1.68 bits per heavy atom. The minimum Gasteiger partial charge on any atom is -0.162 e. The van der Waals surface area contributed by atoms with E-state index in [1.807, 2.05) is 12.1 Å². The number of hydrogen-bond donors (Lipinski definition) is 0. The molecular formula is C15H12BrN3. The maximum absolute atomic E-state index is 4.09. The summed E-state index contributed by atoms with van der Waals surface area (Å²) in [5.41, 5.74) is 5.67. The highest BCUT2D eigenvalue weighted by Gasteiger charge is 2.12. The highest BCUT2D eigenvalue weighted by atomic mass is 79.9. The summed E-state index contributed by atoms with van der Waals surface area (Å²) in [5, 5.41) is 12.6. The second-order valence-electron chi connectivity index (χ2n) is 4.31. The van der Waals surface area contributed by atoms with Crippen molar-refractivity contribution in [1.82, 2.24) is 0 Å². The van der Waals surface area contributed by atoms with Crippen molar-refractivity contribution < 1.29 is 0 Å². The van der Waals surface area contributed by atoms with Crippen LogP contribution < -0.4 is 0 Å². The van der Waals surface area contributed by atoms with E-state index in [1.54, 1.807) is 0 Å². The lowest BCUT2D eigenvalue weighted by Crippen LogP contribution is -2.03. The minimum atomic E-state index is 0.566. The van der Waals surface area contributed by atoms with Crippen LogP contribution in [0, 0.1) is 0 Å². The Morgan fingerprint density at radius 3 is 2.32 bits per heavy atom. The number of hydrogen-bond acceptors (Lipinski definition) is 3. The van der Waals surface area contributed by atoms with Gasteiger partial charge in [-0.2, -0.15) is 5.11 Å². The molecule has 1 aliphatic heterocycles. The molecule has 1 heterocycles. The normalized spacial score (nSPS) is 13.6. The molecule has 0 bridgehead atoms. The van der Waals surface area contributed by atoms with Crippen LogP contribution in [-0.4, -0.2) is 12.3 Å². The van der Waals surface area contributed by atoms with Crippen molar-refractivity contribution in [3.8, 4) is 11.1 Å². The second-order valence-corrected chi connectivity index (χ2v) is 4.87. The molecule has 0 fully saturated rings. The topological polar surface area (TPSA) is 37.1 Å². The molecule has 0 N–H and O–H groups in total. The molecular weight excluding hydrogens is 302 g/mol. The summed E-state index contributed by atoms with van der Waals surface area (Å²) in [7, 11) is 0. The molecule has 3 nitrogen and oxygen atoms in total. The molecule has 4 heteroatoms. The maximum Gasteiger partial charge on any atom is 0.107 e. The van der Waals surface area contributed by atoms with E-state index in [4.69, 9.17) is 0 Å². The summed E-state index contributed by atoms with van der Waals surface area (Å²) in [4.78, 5) is 0. The summed E-state index contributed by atoms with van der Waals surface area (Å²) >= 11 is 3.46. The predicted molar refractivity (Wildman–Crippen MR) is 80.8 cm³/mol. The highest BCUT2D eigenvalue weighted by Crippen LogP contribution is 2.26. The van der Waals surface area contributed by atoms with Gasteiger partial charge in [-0.1, -0.05) is 64.5 Å². The van der Waals surface area contributed by atoms with Crippen LogP contribution in [0.15, 0.2) is 64.0 Å². The van der Waals surface area contributed by atoms with Crippen molar-refractivity contribution >= 4 is 21.6 Å². The largest absolute Gasteiger partial charge is 0.162 e. The van der Waals surface area contributed by atoms with Gasteiger partial charge in [0.05, 0.1) is 5.71 Å². The molecule has 0 atom stereocenters. The van der Waals surface area contributed by atoms with Gasteiger partial charge >= 0.3 is 0 Å². The van der Waals surface area contributed by atoms with Crippen LogP contribution in [0.1, 0.15) is 11.1 Å². The second kappa shape index (κ2) is 5.45. The Hall–Kier alpha value is -1.81. The predicted octanol–water partition coefficient (Wildman–Crippen LogP) is 4.42. The molecule has 0 saturated carbocycles. The molecule has 0 saturated heterocycles. The Kier molecular flexibility index (Phi) is 3.51. The van der Waals surface area contributed by atoms with Gasteiger partial charge in [-0.15, -0.1) is 5.10 Å². The van der Waals surface area contributed by atoms with Gasteiger partial charge in [-0.05, 0) is 21.9 Å². The molecule has 1 aliphatic rings. The average Bonchev–Trinajstić information content (AvgIpc) is 3.01. The van der Waals surface area contributed by atoms with Gasteiger partial charge in [0.2, 0.25) is 0 Å². The van der Waals surface area contributed by atoms with Crippen LogP contribution in [0.4, 0.5) is 0 Å². The highest BCUT2D eigenvalue weighted by molar-refractivity contribution is 9.08. The number of nitrogens with zero attached hydrogens (tertiary/aromatic N) is 3. The van der Waals surface area contributed by atoms with E-state index in [2.05, 4.69) is 67.8 Å². The molecule has 94 valence electrons. The molecule has 2 aromatic rings. The SMILES string of the molecule is BrCc1ccc(-c2ccccc2C2=NN=NC2)cc1.